The number of pyridine rings is 1. The van der Waals surface area contributed by atoms with Gasteiger partial charge in [0.1, 0.15) is 5.82 Å². The second-order valence-corrected chi connectivity index (χ2v) is 9.78. The van der Waals surface area contributed by atoms with Gasteiger partial charge in [-0.2, -0.15) is 0 Å². The molecule has 2 aromatic rings. The molecule has 1 N–H and O–H groups in total. The van der Waals surface area contributed by atoms with Gasteiger partial charge in [-0.15, -0.1) is 0 Å². The zero-order chi connectivity index (χ0) is 24.4. The molecule has 6 rings (SSSR count). The van der Waals surface area contributed by atoms with E-state index in [1.807, 2.05) is 11.0 Å². The fourth-order valence-corrected chi connectivity index (χ4v) is 5.77. The van der Waals surface area contributed by atoms with E-state index < -0.39 is 28.9 Å². The van der Waals surface area contributed by atoms with Crippen molar-refractivity contribution in [3.8, 4) is 0 Å². The maximum absolute atomic E-state index is 15.4. The van der Waals surface area contributed by atoms with E-state index in [2.05, 4.69) is 4.98 Å². The maximum atomic E-state index is 15.4. The molecule has 0 bridgehead atoms. The van der Waals surface area contributed by atoms with E-state index in [0.29, 0.717) is 68.8 Å². The van der Waals surface area contributed by atoms with Crippen molar-refractivity contribution in [2.45, 2.75) is 30.3 Å². The highest BCUT2D eigenvalue weighted by Crippen LogP contribution is 2.53. The highest BCUT2D eigenvalue weighted by molar-refractivity contribution is 5.95. The molecule has 2 saturated heterocycles. The first-order valence-corrected chi connectivity index (χ1v) is 11.8. The third kappa shape index (κ3) is 3.34. The number of hydrogen-bond donors (Lipinski definition) is 1. The molecule has 1 aromatic heterocycles. The van der Waals surface area contributed by atoms with Crippen molar-refractivity contribution < 1.29 is 28.6 Å². The van der Waals surface area contributed by atoms with Gasteiger partial charge in [-0.3, -0.25) is 9.78 Å². The summed E-state index contributed by atoms with van der Waals surface area (Å²) in [6, 6.07) is 6.74. The Kier molecular flexibility index (Phi) is 4.77. The number of rotatable bonds is 3. The van der Waals surface area contributed by atoms with Gasteiger partial charge in [0, 0.05) is 68.4 Å². The van der Waals surface area contributed by atoms with Crippen molar-refractivity contribution in [2.24, 2.45) is 0 Å². The summed E-state index contributed by atoms with van der Waals surface area (Å²) in [5.41, 5.74) is 0.526. The quantitative estimate of drug-likeness (QED) is 0.673. The van der Waals surface area contributed by atoms with Gasteiger partial charge in [-0.1, -0.05) is 6.07 Å². The third-order valence-electron chi connectivity index (χ3n) is 7.88. The fraction of sp³-hybridized carbons (Fsp3) is 0.440. The standard InChI is InChI=1S/C25H25FN4O5/c26-20-13-16(28-9-11-29(12-10-28)23(33)34)1-2-19(20)24(4-5-24)22(32)30-8-6-25(15-30)18-3-7-27-14-17(18)21(31)35-25/h1-3,7,13-14H,4-6,8-12,15H2,(H,33,34)/t25-/m0/s1. The lowest BCUT2D eigenvalue weighted by atomic mass is 9.92. The molecule has 9 nitrogen and oxygen atoms in total. The summed E-state index contributed by atoms with van der Waals surface area (Å²) >= 11 is 0. The van der Waals surface area contributed by atoms with Crippen molar-refractivity contribution in [3.05, 3.63) is 59.2 Å². The number of aromatic nitrogens is 1. The number of carbonyl (C=O) groups excluding carboxylic acids is 2. The number of nitrogens with zero attached hydrogens (tertiary/aromatic N) is 4. The summed E-state index contributed by atoms with van der Waals surface area (Å²) in [6.07, 6.45) is 3.82. The summed E-state index contributed by atoms with van der Waals surface area (Å²) < 4.78 is 21.1. The number of amides is 2. The Morgan fingerprint density at radius 2 is 1.77 bits per heavy atom. The molecule has 1 saturated carbocycles. The van der Waals surface area contributed by atoms with Crippen LogP contribution in [0.15, 0.2) is 36.7 Å². The van der Waals surface area contributed by atoms with Gasteiger partial charge in [0.25, 0.3) is 0 Å². The number of esters is 1. The van der Waals surface area contributed by atoms with Gasteiger partial charge >= 0.3 is 12.1 Å². The predicted molar refractivity (Wildman–Crippen MR) is 122 cm³/mol. The number of hydrogen-bond acceptors (Lipinski definition) is 6. The first-order chi connectivity index (χ1) is 16.8. The lowest BCUT2D eigenvalue weighted by Crippen LogP contribution is -2.48. The number of piperazine rings is 1. The van der Waals surface area contributed by atoms with Gasteiger partial charge in [-0.25, -0.2) is 14.0 Å². The highest BCUT2D eigenvalue weighted by atomic mass is 19.1. The Bertz CT molecular complexity index is 1240. The Balaban J connectivity index is 1.20. The van der Waals surface area contributed by atoms with Gasteiger partial charge in [0.15, 0.2) is 5.60 Å². The Hall–Kier alpha value is -3.69. The maximum Gasteiger partial charge on any atom is 0.407 e. The molecule has 0 unspecified atom stereocenters. The number of anilines is 1. The Labute approximate surface area is 201 Å². The largest absolute Gasteiger partial charge is 0.465 e. The summed E-state index contributed by atoms with van der Waals surface area (Å²) in [4.78, 5) is 46.1. The van der Waals surface area contributed by atoms with Crippen LogP contribution in [0.25, 0.3) is 0 Å². The van der Waals surface area contributed by atoms with Crippen LogP contribution in [0.1, 0.15) is 40.7 Å². The molecule has 4 heterocycles. The van der Waals surface area contributed by atoms with Crippen molar-refractivity contribution in [2.75, 3.05) is 44.2 Å². The minimum atomic E-state index is -0.948. The number of halogens is 1. The summed E-state index contributed by atoms with van der Waals surface area (Å²) in [5.74, 6) is -0.976. The van der Waals surface area contributed by atoms with E-state index >= 15 is 4.39 Å². The highest BCUT2D eigenvalue weighted by Gasteiger charge is 2.58. The molecular formula is C25H25FN4O5. The fourth-order valence-electron chi connectivity index (χ4n) is 5.77. The predicted octanol–water partition coefficient (Wildman–Crippen LogP) is 2.35. The van der Waals surface area contributed by atoms with E-state index in [0.717, 1.165) is 5.56 Å². The zero-order valence-electron chi connectivity index (χ0n) is 19.1. The average Bonchev–Trinajstić information content (AvgIpc) is 3.48. The molecule has 0 radical (unpaired) electrons. The smallest absolute Gasteiger partial charge is 0.407 e. The number of likely N-dealkylation sites (tertiary alicyclic amines) is 1. The first kappa shape index (κ1) is 21.8. The first-order valence-electron chi connectivity index (χ1n) is 11.8. The summed E-state index contributed by atoms with van der Waals surface area (Å²) in [6.45, 7) is 2.39. The normalized spacial score (nSPS) is 24.5. The Morgan fingerprint density at radius 3 is 2.46 bits per heavy atom. The van der Waals surface area contributed by atoms with E-state index in [-0.39, 0.29) is 12.5 Å². The molecule has 1 spiro atoms. The number of fused-ring (bicyclic) bond motifs is 2. The average molecular weight is 480 g/mol. The van der Waals surface area contributed by atoms with Crippen molar-refractivity contribution in [3.63, 3.8) is 0 Å². The lowest BCUT2D eigenvalue weighted by Gasteiger charge is -2.35. The third-order valence-corrected chi connectivity index (χ3v) is 7.88. The van der Waals surface area contributed by atoms with Crippen molar-refractivity contribution in [1.29, 1.82) is 0 Å². The molecule has 1 aromatic carbocycles. The minimum absolute atomic E-state index is 0.130. The molecule has 3 aliphatic heterocycles. The van der Waals surface area contributed by atoms with Gasteiger partial charge in [0.05, 0.1) is 17.5 Å². The van der Waals surface area contributed by atoms with Crippen LogP contribution < -0.4 is 4.90 Å². The molecule has 182 valence electrons. The topological polar surface area (TPSA) is 103 Å². The molecule has 1 aliphatic carbocycles. The monoisotopic (exact) mass is 480 g/mol. The van der Waals surface area contributed by atoms with Crippen LogP contribution in [0.2, 0.25) is 0 Å². The second kappa shape index (κ2) is 7.66. The summed E-state index contributed by atoms with van der Waals surface area (Å²) in [7, 11) is 0. The van der Waals surface area contributed by atoms with Gasteiger partial charge in [0.2, 0.25) is 5.91 Å². The number of carboxylic acid groups (broad SMARTS) is 1. The van der Waals surface area contributed by atoms with Crippen LogP contribution in [0.4, 0.5) is 14.9 Å². The molecule has 35 heavy (non-hydrogen) atoms. The van der Waals surface area contributed by atoms with Crippen molar-refractivity contribution in [1.82, 2.24) is 14.8 Å². The molecule has 4 aliphatic rings. The number of carbonyl (C=O) groups is 3. The second-order valence-electron chi connectivity index (χ2n) is 9.78. The van der Waals surface area contributed by atoms with E-state index in [9.17, 15) is 14.4 Å². The van der Waals surface area contributed by atoms with Crippen LogP contribution in [0.5, 0.6) is 0 Å². The summed E-state index contributed by atoms with van der Waals surface area (Å²) in [5, 5.41) is 9.13. The van der Waals surface area contributed by atoms with Crippen LogP contribution >= 0.6 is 0 Å². The molecule has 3 fully saturated rings. The van der Waals surface area contributed by atoms with Gasteiger partial charge < -0.3 is 24.5 Å². The SMILES string of the molecule is O=C1O[C@]2(CCN(C(=O)C3(c4ccc(N5CCN(C(=O)O)CC5)cc4F)CC3)C2)c2ccncc21. The molecular weight excluding hydrogens is 455 g/mol. The van der Waals surface area contributed by atoms with Crippen molar-refractivity contribution >= 4 is 23.7 Å². The Morgan fingerprint density at radius 1 is 1.00 bits per heavy atom. The van der Waals surface area contributed by atoms with Crippen LogP contribution in [-0.4, -0.2) is 77.1 Å². The zero-order valence-corrected chi connectivity index (χ0v) is 19.1. The van der Waals surface area contributed by atoms with E-state index in [4.69, 9.17) is 9.84 Å². The van der Waals surface area contributed by atoms with E-state index in [1.54, 1.807) is 23.2 Å². The minimum Gasteiger partial charge on any atom is -0.465 e. The number of benzene rings is 1. The van der Waals surface area contributed by atoms with E-state index in [1.165, 1.54) is 17.2 Å². The van der Waals surface area contributed by atoms with Crippen LogP contribution in [0.3, 0.4) is 0 Å². The lowest BCUT2D eigenvalue weighted by molar-refractivity contribution is -0.134. The van der Waals surface area contributed by atoms with Crippen LogP contribution in [-0.2, 0) is 20.5 Å². The van der Waals surface area contributed by atoms with Crippen LogP contribution in [0, 0.1) is 5.82 Å². The molecule has 2 amide bonds. The van der Waals surface area contributed by atoms with Gasteiger partial charge in [-0.05, 0) is 31.0 Å². The molecule has 10 heteroatoms. The number of ether oxygens (including phenoxy) is 1. The molecule has 1 atom stereocenters.